The molecule has 0 aromatic carbocycles. The topological polar surface area (TPSA) is 12.0 Å². The Bertz CT molecular complexity index is 278. The van der Waals surface area contributed by atoms with E-state index in [1.165, 1.54) is 32.1 Å². The molecule has 0 heterocycles. The SMILES string of the molecule is CC(NC1C2C3CCC(C3)C12)C1CCCCC1. The zero-order chi connectivity index (χ0) is 11.4. The molecule has 4 aliphatic rings. The molecule has 4 fully saturated rings. The number of hydrogen-bond acceptors (Lipinski definition) is 1. The highest BCUT2D eigenvalue weighted by atomic mass is 15.0. The third kappa shape index (κ3) is 1.69. The summed E-state index contributed by atoms with van der Waals surface area (Å²) >= 11 is 0. The second-order valence-corrected chi connectivity index (χ2v) is 7.37. The molecule has 0 saturated heterocycles. The summed E-state index contributed by atoms with van der Waals surface area (Å²) in [5.74, 6) is 5.46. The van der Waals surface area contributed by atoms with Crippen LogP contribution in [0.3, 0.4) is 0 Å². The average molecular weight is 233 g/mol. The fraction of sp³-hybridized carbons (Fsp3) is 1.00. The van der Waals surface area contributed by atoms with Gasteiger partial charge in [-0.1, -0.05) is 19.3 Å². The molecule has 17 heavy (non-hydrogen) atoms. The zero-order valence-electron chi connectivity index (χ0n) is 11.2. The van der Waals surface area contributed by atoms with E-state index in [9.17, 15) is 0 Å². The quantitative estimate of drug-likeness (QED) is 0.785. The van der Waals surface area contributed by atoms with Gasteiger partial charge in [-0.05, 0) is 68.6 Å². The van der Waals surface area contributed by atoms with Gasteiger partial charge in [0.05, 0.1) is 0 Å². The molecule has 0 spiro atoms. The van der Waals surface area contributed by atoms with Crippen LogP contribution in [0.15, 0.2) is 0 Å². The Labute approximate surface area is 106 Å². The smallest absolute Gasteiger partial charge is 0.0138 e. The van der Waals surface area contributed by atoms with Crippen LogP contribution in [-0.2, 0) is 0 Å². The fourth-order valence-corrected chi connectivity index (χ4v) is 5.62. The molecule has 4 saturated carbocycles. The molecule has 0 aromatic heterocycles. The van der Waals surface area contributed by atoms with E-state index in [4.69, 9.17) is 0 Å². The van der Waals surface area contributed by atoms with Gasteiger partial charge in [0.2, 0.25) is 0 Å². The van der Waals surface area contributed by atoms with Crippen molar-refractivity contribution in [3.63, 3.8) is 0 Å². The summed E-state index contributed by atoms with van der Waals surface area (Å²) in [5.41, 5.74) is 0. The lowest BCUT2D eigenvalue weighted by Gasteiger charge is -2.29. The van der Waals surface area contributed by atoms with E-state index >= 15 is 0 Å². The van der Waals surface area contributed by atoms with Crippen molar-refractivity contribution < 1.29 is 0 Å². The Kier molecular flexibility index (Phi) is 2.54. The Balaban J connectivity index is 1.33. The third-order valence-electron chi connectivity index (χ3n) is 6.55. The van der Waals surface area contributed by atoms with Crippen molar-refractivity contribution in [3.05, 3.63) is 0 Å². The van der Waals surface area contributed by atoms with Gasteiger partial charge in [0, 0.05) is 12.1 Å². The summed E-state index contributed by atoms with van der Waals surface area (Å²) in [5, 5.41) is 4.03. The maximum atomic E-state index is 4.03. The lowest BCUT2D eigenvalue weighted by Crippen LogP contribution is -2.38. The van der Waals surface area contributed by atoms with E-state index in [1.54, 1.807) is 19.3 Å². The second kappa shape index (κ2) is 3.98. The molecule has 5 unspecified atom stereocenters. The zero-order valence-corrected chi connectivity index (χ0v) is 11.2. The summed E-state index contributed by atoms with van der Waals surface area (Å²) < 4.78 is 0. The van der Waals surface area contributed by atoms with Crippen LogP contribution in [-0.4, -0.2) is 12.1 Å². The fourth-order valence-electron chi connectivity index (χ4n) is 5.62. The van der Waals surface area contributed by atoms with Crippen LogP contribution in [0.1, 0.15) is 58.3 Å². The predicted molar refractivity (Wildman–Crippen MR) is 70.8 cm³/mol. The first kappa shape index (κ1) is 10.8. The minimum atomic E-state index is 0.797. The van der Waals surface area contributed by atoms with E-state index in [1.807, 2.05) is 0 Å². The number of fused-ring (bicyclic) bond motifs is 5. The molecule has 1 heteroatoms. The van der Waals surface area contributed by atoms with Crippen LogP contribution >= 0.6 is 0 Å². The van der Waals surface area contributed by atoms with E-state index in [0.717, 1.165) is 41.7 Å². The van der Waals surface area contributed by atoms with Crippen LogP contribution in [0.4, 0.5) is 0 Å². The van der Waals surface area contributed by atoms with E-state index in [-0.39, 0.29) is 0 Å². The third-order valence-corrected chi connectivity index (χ3v) is 6.55. The molecule has 0 radical (unpaired) electrons. The second-order valence-electron chi connectivity index (χ2n) is 7.37. The first-order chi connectivity index (χ1) is 8.34. The highest BCUT2D eigenvalue weighted by Gasteiger charge is 2.64. The lowest BCUT2D eigenvalue weighted by atomic mass is 9.84. The molecule has 4 rings (SSSR count). The van der Waals surface area contributed by atoms with E-state index < -0.39 is 0 Å². The Hall–Kier alpha value is -0.0400. The van der Waals surface area contributed by atoms with E-state index in [2.05, 4.69) is 12.2 Å². The first-order valence-corrected chi connectivity index (χ1v) is 8.10. The molecule has 0 aliphatic heterocycles. The molecule has 5 atom stereocenters. The molecular weight excluding hydrogens is 206 g/mol. The van der Waals surface area contributed by atoms with Gasteiger partial charge >= 0.3 is 0 Å². The molecule has 1 nitrogen and oxygen atoms in total. The molecule has 0 aromatic rings. The van der Waals surface area contributed by atoms with Crippen LogP contribution in [0.25, 0.3) is 0 Å². The number of hydrogen-bond donors (Lipinski definition) is 1. The molecule has 4 aliphatic carbocycles. The molecule has 0 amide bonds. The number of rotatable bonds is 3. The molecule has 96 valence electrons. The van der Waals surface area contributed by atoms with Crippen molar-refractivity contribution in [2.75, 3.05) is 0 Å². The van der Waals surface area contributed by atoms with Crippen LogP contribution in [0.5, 0.6) is 0 Å². The number of nitrogens with one attached hydrogen (secondary N) is 1. The summed E-state index contributed by atoms with van der Waals surface area (Å²) in [7, 11) is 0. The summed E-state index contributed by atoms with van der Waals surface area (Å²) in [6, 6.07) is 1.74. The van der Waals surface area contributed by atoms with Crippen molar-refractivity contribution in [1.29, 1.82) is 0 Å². The molecular formula is C16H27N. The lowest BCUT2D eigenvalue weighted by molar-refractivity contribution is 0.269. The van der Waals surface area contributed by atoms with Crippen molar-refractivity contribution in [1.82, 2.24) is 5.32 Å². The molecule has 2 bridgehead atoms. The van der Waals surface area contributed by atoms with Crippen molar-refractivity contribution in [2.45, 2.75) is 70.4 Å². The van der Waals surface area contributed by atoms with Gasteiger partial charge in [-0.25, -0.2) is 0 Å². The Morgan fingerprint density at radius 3 is 2.18 bits per heavy atom. The van der Waals surface area contributed by atoms with Gasteiger partial charge < -0.3 is 5.32 Å². The van der Waals surface area contributed by atoms with Gasteiger partial charge in [0.15, 0.2) is 0 Å². The van der Waals surface area contributed by atoms with Gasteiger partial charge in [-0.2, -0.15) is 0 Å². The summed E-state index contributed by atoms with van der Waals surface area (Å²) in [6.45, 7) is 2.46. The maximum Gasteiger partial charge on any atom is 0.0138 e. The van der Waals surface area contributed by atoms with Crippen LogP contribution in [0, 0.1) is 29.6 Å². The largest absolute Gasteiger partial charge is 0.311 e. The van der Waals surface area contributed by atoms with Crippen LogP contribution in [0.2, 0.25) is 0 Å². The van der Waals surface area contributed by atoms with Crippen molar-refractivity contribution in [2.24, 2.45) is 29.6 Å². The van der Waals surface area contributed by atoms with Crippen LogP contribution < -0.4 is 5.32 Å². The monoisotopic (exact) mass is 233 g/mol. The Morgan fingerprint density at radius 1 is 0.882 bits per heavy atom. The van der Waals surface area contributed by atoms with Gasteiger partial charge in [0.25, 0.3) is 0 Å². The first-order valence-electron chi connectivity index (χ1n) is 8.10. The van der Waals surface area contributed by atoms with Crippen molar-refractivity contribution in [3.8, 4) is 0 Å². The maximum absolute atomic E-state index is 4.03. The standard InChI is InChI=1S/C16H27N/c1-10(11-5-3-2-4-6-11)17-16-14-12-7-8-13(9-12)15(14)16/h10-17H,2-9H2,1H3. The normalized spacial score (nSPS) is 50.3. The van der Waals surface area contributed by atoms with Gasteiger partial charge in [-0.3, -0.25) is 0 Å². The molecule has 1 N–H and O–H groups in total. The predicted octanol–water partition coefficient (Wildman–Crippen LogP) is 3.59. The highest BCUT2D eigenvalue weighted by molar-refractivity contribution is 5.17. The van der Waals surface area contributed by atoms with Crippen molar-refractivity contribution >= 4 is 0 Å². The minimum absolute atomic E-state index is 0.797. The average Bonchev–Trinajstić information content (AvgIpc) is 2.76. The minimum Gasteiger partial charge on any atom is -0.311 e. The summed E-state index contributed by atoms with van der Waals surface area (Å²) in [4.78, 5) is 0. The van der Waals surface area contributed by atoms with E-state index in [0.29, 0.717) is 0 Å². The summed E-state index contributed by atoms with van der Waals surface area (Å²) in [6.07, 6.45) is 12.1. The van der Waals surface area contributed by atoms with Gasteiger partial charge in [0.1, 0.15) is 0 Å². The highest BCUT2D eigenvalue weighted by Crippen LogP contribution is 2.65. The Morgan fingerprint density at radius 2 is 1.53 bits per heavy atom. The van der Waals surface area contributed by atoms with Gasteiger partial charge in [-0.15, -0.1) is 0 Å².